The summed E-state index contributed by atoms with van der Waals surface area (Å²) in [6.45, 7) is 4.36. The number of rotatable bonds is 14. The number of pyridine rings is 4. The summed E-state index contributed by atoms with van der Waals surface area (Å²) in [5.74, 6) is 1.38. The molecule has 4 heterocycles. The van der Waals surface area contributed by atoms with Gasteiger partial charge >= 0.3 is 0 Å². The molecule has 0 aliphatic carbocycles. The molecule has 49 heavy (non-hydrogen) atoms. The van der Waals surface area contributed by atoms with E-state index in [0.717, 1.165) is 17.3 Å². The Morgan fingerprint density at radius 3 is 1.71 bits per heavy atom. The summed E-state index contributed by atoms with van der Waals surface area (Å²) in [6, 6.07) is 10.3. The fraction of sp³-hybridized carbons (Fsp3) is 0.200. The standard InChI is InChI=1S/C17H18N4O3.C16H16N4O3.C2H6/c1-19-14(5-6-18)17-12(4-3-7-20-17)11-24-15-9-21-16(23-2)8-13(15)10-22;1-22-15-5-12(9-21)14(8-20-15)23-10-11-3-2-4-19-16(11)13(6-17)7-18;1-2/h3-10H,11,18H2,1-2H3;2-9,17H,10,18H2,1H3;1-2H3/b6-5-,19-14?;13-7+,17-6?;. The van der Waals surface area contributed by atoms with Crippen molar-refractivity contribution < 1.29 is 28.5 Å². The summed E-state index contributed by atoms with van der Waals surface area (Å²) in [5, 5.41) is 7.37. The molecule has 256 valence electrons. The van der Waals surface area contributed by atoms with E-state index in [4.69, 9.17) is 35.8 Å². The van der Waals surface area contributed by atoms with Crippen LogP contribution in [0.4, 0.5) is 0 Å². The van der Waals surface area contributed by atoms with Gasteiger partial charge in [-0.2, -0.15) is 0 Å². The summed E-state index contributed by atoms with van der Waals surface area (Å²) >= 11 is 0. The molecule has 0 amide bonds. The molecule has 0 saturated carbocycles. The summed E-state index contributed by atoms with van der Waals surface area (Å²) in [7, 11) is 4.61. The van der Waals surface area contributed by atoms with Gasteiger partial charge in [-0.15, -0.1) is 0 Å². The number of allylic oxidation sites excluding steroid dienone is 2. The lowest BCUT2D eigenvalue weighted by Gasteiger charge is -2.12. The fourth-order valence-corrected chi connectivity index (χ4v) is 3.98. The van der Waals surface area contributed by atoms with Gasteiger partial charge in [0.1, 0.15) is 24.7 Å². The van der Waals surface area contributed by atoms with Crippen LogP contribution in [0.2, 0.25) is 0 Å². The number of ether oxygens (including phenoxy) is 4. The lowest BCUT2D eigenvalue weighted by molar-refractivity contribution is 0.111. The molecule has 0 aromatic carbocycles. The maximum atomic E-state index is 11.2. The highest BCUT2D eigenvalue weighted by molar-refractivity contribution is 6.08. The Balaban J connectivity index is 0.000000324. The van der Waals surface area contributed by atoms with Crippen LogP contribution in [0.3, 0.4) is 0 Å². The predicted octanol–water partition coefficient (Wildman–Crippen LogP) is 4.62. The third-order valence-electron chi connectivity index (χ3n) is 6.31. The number of nitrogens with zero attached hydrogens (tertiary/aromatic N) is 5. The molecule has 14 nitrogen and oxygen atoms in total. The first kappa shape index (κ1) is 38.7. The number of carbonyl (C=O) groups is 2. The number of methoxy groups -OCH3 is 2. The smallest absolute Gasteiger partial charge is 0.213 e. The van der Waals surface area contributed by atoms with Gasteiger partial charge in [-0.25, -0.2) is 9.97 Å². The van der Waals surface area contributed by atoms with Crippen molar-refractivity contribution in [3.8, 4) is 23.3 Å². The number of nitrogens with one attached hydrogen (secondary N) is 1. The van der Waals surface area contributed by atoms with Gasteiger partial charge in [0.15, 0.2) is 12.6 Å². The average Bonchev–Trinajstić information content (AvgIpc) is 3.17. The molecular weight excluding hydrogens is 628 g/mol. The molecule has 0 aliphatic rings. The monoisotopic (exact) mass is 668 g/mol. The zero-order valence-corrected chi connectivity index (χ0v) is 28.0. The van der Waals surface area contributed by atoms with Crippen molar-refractivity contribution in [2.45, 2.75) is 27.1 Å². The average molecular weight is 669 g/mol. The molecule has 0 saturated heterocycles. The van der Waals surface area contributed by atoms with Gasteiger partial charge < -0.3 is 35.8 Å². The Kier molecular flexibility index (Phi) is 16.9. The maximum Gasteiger partial charge on any atom is 0.213 e. The Hall–Kier alpha value is -6.44. The number of aliphatic imine (C=N–C) groups is 1. The van der Waals surface area contributed by atoms with E-state index in [2.05, 4.69) is 24.9 Å². The highest BCUT2D eigenvalue weighted by Gasteiger charge is 2.13. The van der Waals surface area contributed by atoms with Gasteiger partial charge in [-0.3, -0.25) is 24.5 Å². The molecule has 0 fully saturated rings. The van der Waals surface area contributed by atoms with Crippen LogP contribution in [-0.2, 0) is 13.2 Å². The maximum absolute atomic E-state index is 11.2. The molecule has 0 spiro atoms. The van der Waals surface area contributed by atoms with E-state index in [1.54, 1.807) is 37.7 Å². The van der Waals surface area contributed by atoms with Crippen molar-refractivity contribution in [1.82, 2.24) is 19.9 Å². The number of aldehydes is 2. The summed E-state index contributed by atoms with van der Waals surface area (Å²) in [6.07, 6.45) is 13.0. The zero-order chi connectivity index (χ0) is 36.0. The molecule has 0 unspecified atom stereocenters. The van der Waals surface area contributed by atoms with Crippen LogP contribution < -0.4 is 30.4 Å². The first-order chi connectivity index (χ1) is 24.0. The molecule has 0 bridgehead atoms. The highest BCUT2D eigenvalue weighted by Crippen LogP contribution is 2.23. The normalized spacial score (nSPS) is 10.9. The molecular formula is C35H40N8O6. The van der Waals surface area contributed by atoms with Crippen LogP contribution in [0.25, 0.3) is 5.57 Å². The van der Waals surface area contributed by atoms with Crippen LogP contribution in [0.5, 0.6) is 23.3 Å². The van der Waals surface area contributed by atoms with Crippen molar-refractivity contribution in [1.29, 1.82) is 5.41 Å². The molecule has 5 N–H and O–H groups in total. The SMILES string of the molecule is CC.CN=C(/C=C\N)c1ncccc1COc1cnc(OC)cc1C=O.COc1cc(C=O)c(OCc2cccnc2/C(C=N)=C/N)cn1. The number of nitrogens with two attached hydrogens (primary N) is 2. The number of hydrogen-bond acceptors (Lipinski definition) is 14. The van der Waals surface area contributed by atoms with Gasteiger partial charge in [-0.1, -0.05) is 26.0 Å². The second-order valence-corrected chi connectivity index (χ2v) is 9.10. The van der Waals surface area contributed by atoms with E-state index in [0.29, 0.717) is 69.6 Å². The van der Waals surface area contributed by atoms with Crippen molar-refractivity contribution in [3.63, 3.8) is 0 Å². The second kappa shape index (κ2) is 21.4. The van der Waals surface area contributed by atoms with Gasteiger partial charge in [-0.05, 0) is 24.4 Å². The van der Waals surface area contributed by atoms with Crippen molar-refractivity contribution >= 4 is 30.1 Å². The number of hydrogen-bond donors (Lipinski definition) is 3. The minimum absolute atomic E-state index is 0.156. The van der Waals surface area contributed by atoms with Gasteiger partial charge in [0.05, 0.1) is 54.8 Å². The zero-order valence-electron chi connectivity index (χ0n) is 28.0. The van der Waals surface area contributed by atoms with Crippen molar-refractivity contribution in [2.24, 2.45) is 16.5 Å². The van der Waals surface area contributed by atoms with Gasteiger partial charge in [0.25, 0.3) is 0 Å². The van der Waals surface area contributed by atoms with E-state index in [1.807, 2.05) is 26.0 Å². The molecule has 4 aromatic rings. The third kappa shape index (κ3) is 11.1. The lowest BCUT2D eigenvalue weighted by Crippen LogP contribution is -2.09. The molecule has 14 heteroatoms. The van der Waals surface area contributed by atoms with Crippen LogP contribution >= 0.6 is 0 Å². The van der Waals surface area contributed by atoms with Gasteiger partial charge in [0.2, 0.25) is 11.8 Å². The van der Waals surface area contributed by atoms with Crippen LogP contribution in [-0.4, -0.2) is 65.7 Å². The Labute approximate surface area is 285 Å². The minimum atomic E-state index is 0.156. The van der Waals surface area contributed by atoms with Crippen LogP contribution in [0, 0.1) is 5.41 Å². The molecule has 4 aromatic heterocycles. The molecule has 4 rings (SSSR count). The van der Waals surface area contributed by atoms with E-state index in [-0.39, 0.29) is 13.2 Å². The van der Waals surface area contributed by atoms with Crippen molar-refractivity contribution in [2.75, 3.05) is 21.3 Å². The number of carbonyl (C=O) groups excluding carboxylic acids is 2. The number of aromatic nitrogens is 4. The van der Waals surface area contributed by atoms with Crippen LogP contribution in [0.15, 0.2) is 84.7 Å². The first-order valence-corrected chi connectivity index (χ1v) is 14.9. The Bertz CT molecular complexity index is 1770. The lowest BCUT2D eigenvalue weighted by atomic mass is 10.1. The fourth-order valence-electron chi connectivity index (χ4n) is 3.98. The topological polar surface area (TPSA) is 211 Å². The Morgan fingerprint density at radius 2 is 1.31 bits per heavy atom. The highest BCUT2D eigenvalue weighted by atomic mass is 16.5. The third-order valence-corrected chi connectivity index (χ3v) is 6.31. The van der Waals surface area contributed by atoms with E-state index >= 15 is 0 Å². The second-order valence-electron chi connectivity index (χ2n) is 9.10. The van der Waals surface area contributed by atoms with Crippen LogP contribution in [0.1, 0.15) is 57.1 Å². The largest absolute Gasteiger partial charge is 0.486 e. The molecule has 0 radical (unpaired) electrons. The molecule has 0 aliphatic heterocycles. The van der Waals surface area contributed by atoms with E-state index in [9.17, 15) is 9.59 Å². The summed E-state index contributed by atoms with van der Waals surface area (Å²) in [5.41, 5.74) is 15.5. The van der Waals surface area contributed by atoms with Crippen molar-refractivity contribution in [3.05, 3.63) is 113 Å². The minimum Gasteiger partial charge on any atom is -0.486 e. The predicted molar refractivity (Wildman–Crippen MR) is 188 cm³/mol. The summed E-state index contributed by atoms with van der Waals surface area (Å²) in [4.78, 5) is 43.1. The summed E-state index contributed by atoms with van der Waals surface area (Å²) < 4.78 is 21.4. The van der Waals surface area contributed by atoms with E-state index in [1.165, 1.54) is 51.1 Å². The Morgan fingerprint density at radius 1 is 0.816 bits per heavy atom. The first-order valence-electron chi connectivity index (χ1n) is 14.9. The molecule has 0 atom stereocenters. The quantitative estimate of drug-likeness (QED) is 0.124. The van der Waals surface area contributed by atoms with E-state index < -0.39 is 0 Å². The van der Waals surface area contributed by atoms with Gasteiger partial charge in [0, 0.05) is 60.7 Å².